The molecule has 1 aromatic heterocycles. The van der Waals surface area contributed by atoms with Crippen LogP contribution >= 0.6 is 11.3 Å². The third-order valence-electron chi connectivity index (χ3n) is 2.72. The van der Waals surface area contributed by atoms with E-state index in [4.69, 9.17) is 4.74 Å². The van der Waals surface area contributed by atoms with Crippen LogP contribution in [0.2, 0.25) is 0 Å². The summed E-state index contributed by atoms with van der Waals surface area (Å²) in [6, 6.07) is 3.77. The highest BCUT2D eigenvalue weighted by Gasteiger charge is 2.43. The molecule has 1 saturated heterocycles. The Morgan fingerprint density at radius 1 is 1.56 bits per heavy atom. The lowest BCUT2D eigenvalue weighted by Crippen LogP contribution is -2.26. The second-order valence-corrected chi connectivity index (χ2v) is 4.97. The first-order valence-electron chi connectivity index (χ1n) is 5.65. The van der Waals surface area contributed by atoms with Gasteiger partial charge in [0, 0.05) is 11.4 Å². The first kappa shape index (κ1) is 12.8. The second-order valence-electron chi connectivity index (χ2n) is 3.93. The van der Waals surface area contributed by atoms with E-state index in [0.717, 1.165) is 4.88 Å². The molecule has 1 fully saturated rings. The van der Waals surface area contributed by atoms with Crippen LogP contribution in [0.1, 0.15) is 11.8 Å². The SMILES string of the molecule is CCOC(=O)[C@H]1CN(Cc2cccs2)C(=O)C1=O. The van der Waals surface area contributed by atoms with Crippen LogP contribution in [0.3, 0.4) is 0 Å². The van der Waals surface area contributed by atoms with Gasteiger partial charge in [0.15, 0.2) is 0 Å². The first-order valence-corrected chi connectivity index (χ1v) is 6.53. The molecular formula is C12H13NO4S. The molecule has 0 spiro atoms. The van der Waals surface area contributed by atoms with Crippen LogP contribution < -0.4 is 0 Å². The minimum atomic E-state index is -0.961. The number of nitrogens with zero attached hydrogens (tertiary/aromatic N) is 1. The van der Waals surface area contributed by atoms with Crippen molar-refractivity contribution >= 4 is 29.0 Å². The normalized spacial score (nSPS) is 19.4. The Hall–Kier alpha value is -1.69. The van der Waals surface area contributed by atoms with Gasteiger partial charge in [0.25, 0.3) is 5.91 Å². The van der Waals surface area contributed by atoms with E-state index in [1.165, 1.54) is 16.2 Å². The number of thiophene rings is 1. The number of hydrogen-bond donors (Lipinski definition) is 0. The van der Waals surface area contributed by atoms with E-state index in [1.54, 1.807) is 6.92 Å². The topological polar surface area (TPSA) is 63.7 Å². The number of esters is 1. The standard InChI is InChI=1S/C12H13NO4S/c1-2-17-12(16)9-7-13(11(15)10(9)14)6-8-4-3-5-18-8/h3-5,9H,2,6-7H2,1H3/t9-/m0/s1. The molecule has 1 amide bonds. The van der Waals surface area contributed by atoms with E-state index in [0.29, 0.717) is 6.54 Å². The van der Waals surface area contributed by atoms with Gasteiger partial charge in [-0.25, -0.2) is 0 Å². The van der Waals surface area contributed by atoms with Crippen LogP contribution in [-0.2, 0) is 25.7 Å². The Morgan fingerprint density at radius 3 is 2.94 bits per heavy atom. The fourth-order valence-electron chi connectivity index (χ4n) is 1.84. The summed E-state index contributed by atoms with van der Waals surface area (Å²) in [7, 11) is 0. The summed E-state index contributed by atoms with van der Waals surface area (Å²) < 4.78 is 4.79. The van der Waals surface area contributed by atoms with Gasteiger partial charge in [-0.2, -0.15) is 0 Å². The van der Waals surface area contributed by atoms with Crippen molar-refractivity contribution < 1.29 is 19.1 Å². The van der Waals surface area contributed by atoms with Crippen LogP contribution in [0.25, 0.3) is 0 Å². The van der Waals surface area contributed by atoms with Gasteiger partial charge in [0.1, 0.15) is 5.92 Å². The third-order valence-corrected chi connectivity index (χ3v) is 3.58. The van der Waals surface area contributed by atoms with Gasteiger partial charge < -0.3 is 9.64 Å². The van der Waals surface area contributed by atoms with Gasteiger partial charge in [-0.3, -0.25) is 14.4 Å². The maximum absolute atomic E-state index is 11.7. The molecule has 96 valence electrons. The summed E-state index contributed by atoms with van der Waals surface area (Å²) in [4.78, 5) is 37.3. The lowest BCUT2D eigenvalue weighted by molar-refractivity contribution is -0.151. The Balaban J connectivity index is 2.05. The van der Waals surface area contributed by atoms with Crippen LogP contribution in [0.5, 0.6) is 0 Å². The Kier molecular flexibility index (Phi) is 3.76. The predicted molar refractivity (Wildman–Crippen MR) is 64.9 cm³/mol. The fraction of sp³-hybridized carbons (Fsp3) is 0.417. The molecule has 1 aliphatic rings. The summed E-state index contributed by atoms with van der Waals surface area (Å²) in [5, 5.41) is 1.90. The van der Waals surface area contributed by atoms with E-state index in [1.807, 2.05) is 17.5 Å². The van der Waals surface area contributed by atoms with Crippen molar-refractivity contribution in [3.8, 4) is 0 Å². The Morgan fingerprint density at radius 2 is 2.33 bits per heavy atom. The molecular weight excluding hydrogens is 254 g/mol. The predicted octanol–water partition coefficient (Wildman–Crippen LogP) is 0.839. The summed E-state index contributed by atoms with van der Waals surface area (Å²) >= 11 is 1.51. The van der Waals surface area contributed by atoms with Crippen LogP contribution in [-0.4, -0.2) is 35.7 Å². The molecule has 0 N–H and O–H groups in total. The smallest absolute Gasteiger partial charge is 0.318 e. The molecule has 2 heterocycles. The van der Waals surface area contributed by atoms with Gasteiger partial charge in [-0.15, -0.1) is 11.3 Å². The Bertz CT molecular complexity index is 468. The summed E-state index contributed by atoms with van der Waals surface area (Å²) in [6.07, 6.45) is 0. The highest BCUT2D eigenvalue weighted by molar-refractivity contribution is 7.09. The molecule has 0 unspecified atom stereocenters. The second kappa shape index (κ2) is 5.30. The Labute approximate surface area is 108 Å². The maximum atomic E-state index is 11.7. The van der Waals surface area contributed by atoms with Crippen molar-refractivity contribution in [1.29, 1.82) is 0 Å². The maximum Gasteiger partial charge on any atom is 0.318 e. The van der Waals surface area contributed by atoms with Gasteiger partial charge in [-0.05, 0) is 18.4 Å². The molecule has 1 atom stereocenters. The number of hydrogen-bond acceptors (Lipinski definition) is 5. The van der Waals surface area contributed by atoms with Crippen molar-refractivity contribution in [3.05, 3.63) is 22.4 Å². The average molecular weight is 267 g/mol. The molecule has 0 radical (unpaired) electrons. The van der Waals surface area contributed by atoms with E-state index < -0.39 is 23.6 Å². The average Bonchev–Trinajstić information content (AvgIpc) is 2.93. The van der Waals surface area contributed by atoms with Crippen molar-refractivity contribution in [1.82, 2.24) is 4.90 Å². The van der Waals surface area contributed by atoms with Crippen molar-refractivity contribution in [3.63, 3.8) is 0 Å². The minimum absolute atomic E-state index is 0.119. The number of Topliss-reactive ketones (excluding diaryl/α,β-unsaturated/α-hetero) is 1. The van der Waals surface area contributed by atoms with E-state index in [-0.39, 0.29) is 13.2 Å². The molecule has 0 saturated carbocycles. The van der Waals surface area contributed by atoms with Gasteiger partial charge in [0.2, 0.25) is 5.78 Å². The number of likely N-dealkylation sites (tertiary alicyclic amines) is 1. The highest BCUT2D eigenvalue weighted by Crippen LogP contribution is 2.20. The molecule has 1 aromatic rings. The van der Waals surface area contributed by atoms with Crippen molar-refractivity contribution in [2.45, 2.75) is 13.5 Å². The van der Waals surface area contributed by atoms with Crippen LogP contribution in [0.4, 0.5) is 0 Å². The van der Waals surface area contributed by atoms with Crippen molar-refractivity contribution in [2.75, 3.05) is 13.2 Å². The molecule has 0 aromatic carbocycles. The lowest BCUT2D eigenvalue weighted by Gasteiger charge is -2.13. The lowest BCUT2D eigenvalue weighted by atomic mass is 10.1. The number of ketones is 1. The number of amides is 1. The summed E-state index contributed by atoms with van der Waals surface area (Å²) in [5.74, 6) is -2.83. The van der Waals surface area contributed by atoms with Crippen LogP contribution in [0, 0.1) is 5.92 Å². The zero-order valence-corrected chi connectivity index (χ0v) is 10.7. The fourth-order valence-corrected chi connectivity index (χ4v) is 2.56. The molecule has 1 aliphatic heterocycles. The number of ether oxygens (including phenoxy) is 1. The molecule has 5 nitrogen and oxygen atoms in total. The van der Waals surface area contributed by atoms with E-state index >= 15 is 0 Å². The largest absolute Gasteiger partial charge is 0.465 e. The molecule has 0 aliphatic carbocycles. The van der Waals surface area contributed by atoms with Gasteiger partial charge >= 0.3 is 5.97 Å². The number of carbonyl (C=O) groups excluding carboxylic acids is 3. The molecule has 18 heavy (non-hydrogen) atoms. The zero-order valence-electron chi connectivity index (χ0n) is 9.92. The summed E-state index contributed by atoms with van der Waals surface area (Å²) in [5.41, 5.74) is 0. The molecule has 2 rings (SSSR count). The summed E-state index contributed by atoms with van der Waals surface area (Å²) in [6.45, 7) is 2.37. The number of carbonyl (C=O) groups is 3. The van der Waals surface area contributed by atoms with E-state index in [9.17, 15) is 14.4 Å². The molecule has 0 bridgehead atoms. The van der Waals surface area contributed by atoms with Crippen LogP contribution in [0.15, 0.2) is 17.5 Å². The molecule has 6 heteroatoms. The quantitative estimate of drug-likeness (QED) is 0.460. The third kappa shape index (κ3) is 2.43. The van der Waals surface area contributed by atoms with Gasteiger partial charge in [-0.1, -0.05) is 6.07 Å². The van der Waals surface area contributed by atoms with Crippen molar-refractivity contribution in [2.24, 2.45) is 5.92 Å². The monoisotopic (exact) mass is 267 g/mol. The highest BCUT2D eigenvalue weighted by atomic mass is 32.1. The zero-order chi connectivity index (χ0) is 13.1. The first-order chi connectivity index (χ1) is 8.63. The van der Waals surface area contributed by atoms with Gasteiger partial charge in [0.05, 0.1) is 13.2 Å². The minimum Gasteiger partial charge on any atom is -0.465 e. The number of rotatable bonds is 4. The van der Waals surface area contributed by atoms with E-state index in [2.05, 4.69) is 0 Å².